The molecule has 1 aromatic heterocycles. The smallest absolute Gasteiger partial charge is 0.227 e. The number of hydrogen-bond acceptors (Lipinski definition) is 7. The first-order chi connectivity index (χ1) is 11.7. The molecular formula is C17H29N5O2. The van der Waals surface area contributed by atoms with Gasteiger partial charge in [0, 0.05) is 37.9 Å². The summed E-state index contributed by atoms with van der Waals surface area (Å²) in [5.74, 6) is 1.68. The normalized spacial score (nSPS) is 22.6. The molecule has 0 aromatic carbocycles. The van der Waals surface area contributed by atoms with Crippen LogP contribution < -0.4 is 10.2 Å². The van der Waals surface area contributed by atoms with E-state index in [1.807, 2.05) is 13.0 Å². The second-order valence-electron chi connectivity index (χ2n) is 6.67. The van der Waals surface area contributed by atoms with E-state index in [1.54, 1.807) is 0 Å². The lowest BCUT2D eigenvalue weighted by Gasteiger charge is -2.30. The summed E-state index contributed by atoms with van der Waals surface area (Å²) in [6, 6.07) is 1.99. The first-order valence-corrected chi connectivity index (χ1v) is 9.03. The Labute approximate surface area is 144 Å². The summed E-state index contributed by atoms with van der Waals surface area (Å²) in [5, 5.41) is 13.1. The molecule has 2 fully saturated rings. The molecule has 3 heterocycles. The van der Waals surface area contributed by atoms with E-state index in [0.29, 0.717) is 0 Å². The molecule has 2 aliphatic heterocycles. The van der Waals surface area contributed by atoms with Crippen LogP contribution in [0.15, 0.2) is 6.07 Å². The molecule has 0 unspecified atom stereocenters. The average Bonchev–Trinajstić information content (AvgIpc) is 2.59. The third kappa shape index (κ3) is 5.03. The zero-order valence-electron chi connectivity index (χ0n) is 14.6. The van der Waals surface area contributed by atoms with Crippen LogP contribution in [0.5, 0.6) is 0 Å². The molecule has 24 heavy (non-hydrogen) atoms. The standard InChI is InChI=1S/C17H29N5O2/c1-14-12-16(20-17(19-14)22-8-10-24-11-9-22)18-5-3-7-21-6-2-4-15(23)13-21/h12,15,23H,2-11,13H2,1H3,(H,18,19,20)/t15-/m1/s1. The van der Waals surface area contributed by atoms with Crippen molar-refractivity contribution < 1.29 is 9.84 Å². The van der Waals surface area contributed by atoms with Crippen molar-refractivity contribution >= 4 is 11.8 Å². The second kappa shape index (κ2) is 8.60. The van der Waals surface area contributed by atoms with Crippen molar-refractivity contribution in [2.24, 2.45) is 0 Å². The van der Waals surface area contributed by atoms with Gasteiger partial charge in [0.25, 0.3) is 0 Å². The molecule has 2 N–H and O–H groups in total. The number of anilines is 2. The number of nitrogens with one attached hydrogen (secondary N) is 1. The highest BCUT2D eigenvalue weighted by atomic mass is 16.5. The van der Waals surface area contributed by atoms with Crippen molar-refractivity contribution in [3.63, 3.8) is 0 Å². The molecular weight excluding hydrogens is 306 g/mol. The maximum absolute atomic E-state index is 9.71. The molecule has 0 saturated carbocycles. The van der Waals surface area contributed by atoms with Gasteiger partial charge in [-0.25, -0.2) is 4.98 Å². The van der Waals surface area contributed by atoms with Crippen molar-refractivity contribution in [1.29, 1.82) is 0 Å². The number of β-amino-alcohol motifs (C(OH)–C–C–N with tert-alkyl or cyclic N) is 1. The number of piperidine rings is 1. The van der Waals surface area contributed by atoms with Gasteiger partial charge >= 0.3 is 0 Å². The van der Waals surface area contributed by atoms with E-state index in [4.69, 9.17) is 4.74 Å². The quantitative estimate of drug-likeness (QED) is 0.748. The third-order valence-corrected chi connectivity index (χ3v) is 4.57. The van der Waals surface area contributed by atoms with Gasteiger partial charge in [-0.1, -0.05) is 0 Å². The number of morpholine rings is 1. The third-order valence-electron chi connectivity index (χ3n) is 4.57. The maximum atomic E-state index is 9.71. The Morgan fingerprint density at radius 2 is 2.12 bits per heavy atom. The van der Waals surface area contributed by atoms with Crippen LogP contribution in [0.4, 0.5) is 11.8 Å². The van der Waals surface area contributed by atoms with Gasteiger partial charge in [0.2, 0.25) is 5.95 Å². The second-order valence-corrected chi connectivity index (χ2v) is 6.67. The van der Waals surface area contributed by atoms with Crippen molar-refractivity contribution in [3.8, 4) is 0 Å². The molecule has 7 nitrogen and oxygen atoms in total. The van der Waals surface area contributed by atoms with Gasteiger partial charge < -0.3 is 25.0 Å². The predicted octanol–water partition coefficient (Wildman–Crippen LogP) is 0.880. The van der Waals surface area contributed by atoms with E-state index in [1.165, 1.54) is 0 Å². The van der Waals surface area contributed by atoms with Gasteiger partial charge in [-0.05, 0) is 39.3 Å². The number of aliphatic hydroxyl groups is 1. The number of aromatic nitrogens is 2. The van der Waals surface area contributed by atoms with Gasteiger partial charge in [0.05, 0.1) is 19.3 Å². The molecule has 0 radical (unpaired) electrons. The molecule has 0 amide bonds. The molecule has 2 aliphatic rings. The summed E-state index contributed by atoms with van der Waals surface area (Å²) >= 11 is 0. The number of likely N-dealkylation sites (tertiary alicyclic amines) is 1. The van der Waals surface area contributed by atoms with E-state index in [0.717, 1.165) is 89.2 Å². The largest absolute Gasteiger partial charge is 0.392 e. The molecule has 1 aromatic rings. The van der Waals surface area contributed by atoms with Gasteiger partial charge in [0.1, 0.15) is 5.82 Å². The summed E-state index contributed by atoms with van der Waals surface area (Å²) in [5.41, 5.74) is 0.980. The van der Waals surface area contributed by atoms with Crippen LogP contribution in [0.2, 0.25) is 0 Å². The highest BCUT2D eigenvalue weighted by molar-refractivity contribution is 5.43. The Hall–Kier alpha value is -1.44. The van der Waals surface area contributed by atoms with Gasteiger partial charge in [-0.15, -0.1) is 0 Å². The summed E-state index contributed by atoms with van der Waals surface area (Å²) in [6.45, 7) is 8.99. The maximum Gasteiger partial charge on any atom is 0.227 e. The average molecular weight is 335 g/mol. The van der Waals surface area contributed by atoms with Crippen LogP contribution in [0.25, 0.3) is 0 Å². The number of aryl methyl sites for hydroxylation is 1. The van der Waals surface area contributed by atoms with E-state index in [2.05, 4.69) is 25.1 Å². The lowest BCUT2D eigenvalue weighted by Crippen LogP contribution is -2.39. The Morgan fingerprint density at radius 1 is 1.29 bits per heavy atom. The Balaban J connectivity index is 1.47. The Bertz CT molecular complexity index is 522. The Morgan fingerprint density at radius 3 is 2.92 bits per heavy atom. The van der Waals surface area contributed by atoms with Crippen LogP contribution in [0, 0.1) is 6.92 Å². The topological polar surface area (TPSA) is 73.8 Å². The van der Waals surface area contributed by atoms with E-state index >= 15 is 0 Å². The lowest BCUT2D eigenvalue weighted by atomic mass is 10.1. The number of hydrogen-bond donors (Lipinski definition) is 2. The molecule has 7 heteroatoms. The predicted molar refractivity (Wildman–Crippen MR) is 94.6 cm³/mol. The molecule has 134 valence electrons. The lowest BCUT2D eigenvalue weighted by molar-refractivity contribution is 0.0706. The number of ether oxygens (including phenoxy) is 1. The number of nitrogens with zero attached hydrogens (tertiary/aromatic N) is 4. The first kappa shape index (κ1) is 17.4. The minimum atomic E-state index is -0.146. The number of aliphatic hydroxyl groups excluding tert-OH is 1. The summed E-state index contributed by atoms with van der Waals surface area (Å²) in [4.78, 5) is 13.7. The van der Waals surface area contributed by atoms with E-state index in [9.17, 15) is 5.11 Å². The summed E-state index contributed by atoms with van der Waals surface area (Å²) < 4.78 is 5.39. The molecule has 0 bridgehead atoms. The molecule has 0 spiro atoms. The minimum Gasteiger partial charge on any atom is -0.392 e. The van der Waals surface area contributed by atoms with Crippen molar-refractivity contribution in [3.05, 3.63) is 11.8 Å². The molecule has 2 saturated heterocycles. The van der Waals surface area contributed by atoms with Crippen LogP contribution in [0.3, 0.4) is 0 Å². The monoisotopic (exact) mass is 335 g/mol. The SMILES string of the molecule is Cc1cc(NCCCN2CCC[C@@H](O)C2)nc(N2CCOCC2)n1. The van der Waals surface area contributed by atoms with E-state index in [-0.39, 0.29) is 6.10 Å². The zero-order chi connectivity index (χ0) is 16.8. The minimum absolute atomic E-state index is 0.146. The van der Waals surface area contributed by atoms with Crippen LogP contribution >= 0.6 is 0 Å². The van der Waals surface area contributed by atoms with Crippen molar-refractivity contribution in [2.75, 3.05) is 62.7 Å². The van der Waals surface area contributed by atoms with Crippen LogP contribution in [0.1, 0.15) is 25.0 Å². The van der Waals surface area contributed by atoms with Gasteiger partial charge in [-0.3, -0.25) is 0 Å². The van der Waals surface area contributed by atoms with Crippen LogP contribution in [-0.4, -0.2) is 78.6 Å². The van der Waals surface area contributed by atoms with Gasteiger partial charge in [0.15, 0.2) is 0 Å². The van der Waals surface area contributed by atoms with Crippen molar-refractivity contribution in [2.45, 2.75) is 32.3 Å². The summed E-state index contributed by atoms with van der Waals surface area (Å²) in [6.07, 6.45) is 2.94. The van der Waals surface area contributed by atoms with Crippen LogP contribution in [-0.2, 0) is 4.74 Å². The fourth-order valence-corrected chi connectivity index (χ4v) is 3.30. The van der Waals surface area contributed by atoms with E-state index < -0.39 is 0 Å². The van der Waals surface area contributed by atoms with Crippen molar-refractivity contribution in [1.82, 2.24) is 14.9 Å². The highest BCUT2D eigenvalue weighted by Gasteiger charge is 2.17. The number of rotatable bonds is 6. The highest BCUT2D eigenvalue weighted by Crippen LogP contribution is 2.15. The first-order valence-electron chi connectivity index (χ1n) is 9.03. The molecule has 1 atom stereocenters. The molecule has 0 aliphatic carbocycles. The Kier molecular flexibility index (Phi) is 6.23. The fraction of sp³-hybridized carbons (Fsp3) is 0.765. The summed E-state index contributed by atoms with van der Waals surface area (Å²) in [7, 11) is 0. The fourth-order valence-electron chi connectivity index (χ4n) is 3.30. The zero-order valence-corrected chi connectivity index (χ0v) is 14.6. The molecule has 3 rings (SSSR count). The van der Waals surface area contributed by atoms with Gasteiger partial charge in [-0.2, -0.15) is 4.98 Å².